The summed E-state index contributed by atoms with van der Waals surface area (Å²) in [6.07, 6.45) is -5.15. The average molecular weight is 499 g/mol. The van der Waals surface area contributed by atoms with Crippen LogP contribution >= 0.6 is 11.6 Å². The molecule has 1 aliphatic rings. The minimum atomic E-state index is -4.88. The zero-order chi connectivity index (χ0) is 25.4. The van der Waals surface area contributed by atoms with Gasteiger partial charge in [0.2, 0.25) is 0 Å². The first-order valence-electron chi connectivity index (χ1n) is 9.99. The fraction of sp³-hybridized carbons (Fsp3) is 0.261. The number of rotatable bonds is 5. The highest BCUT2D eigenvalue weighted by atomic mass is 35.5. The monoisotopic (exact) mass is 498 g/mol. The Morgan fingerprint density at radius 3 is 2.38 bits per heavy atom. The normalized spacial score (nSPS) is 20.4. The Kier molecular flexibility index (Phi) is 7.13. The number of allylic oxidation sites excluding steroid dienone is 1. The van der Waals surface area contributed by atoms with Gasteiger partial charge in [0, 0.05) is 0 Å². The molecule has 3 unspecified atom stereocenters. The van der Waals surface area contributed by atoms with E-state index in [-0.39, 0.29) is 17.7 Å². The number of aliphatic hydroxyl groups is 1. The van der Waals surface area contributed by atoms with E-state index >= 15 is 0 Å². The molecule has 4 N–H and O–H groups in total. The summed E-state index contributed by atoms with van der Waals surface area (Å²) in [7, 11) is 0. The highest BCUT2D eigenvalue weighted by Crippen LogP contribution is 2.37. The van der Waals surface area contributed by atoms with Gasteiger partial charge in [0.05, 0.1) is 45.1 Å². The Labute approximate surface area is 196 Å². The highest BCUT2D eigenvalue weighted by Gasteiger charge is 2.38. The summed E-state index contributed by atoms with van der Waals surface area (Å²) in [5.74, 6) is -5.12. The molecule has 1 amide bonds. The van der Waals surface area contributed by atoms with E-state index in [1.165, 1.54) is 12.1 Å². The van der Waals surface area contributed by atoms with Gasteiger partial charge in [0.15, 0.2) is 0 Å². The van der Waals surface area contributed by atoms with Crippen molar-refractivity contribution < 1.29 is 37.4 Å². The number of carboxylic acid groups (broad SMARTS) is 1. The fourth-order valence-corrected chi connectivity index (χ4v) is 4.24. The molecule has 0 spiro atoms. The van der Waals surface area contributed by atoms with Gasteiger partial charge in [0.25, 0.3) is 5.91 Å². The summed E-state index contributed by atoms with van der Waals surface area (Å²) in [4.78, 5) is 24.1. The van der Waals surface area contributed by atoms with Crippen LogP contribution < -0.4 is 5.32 Å². The Morgan fingerprint density at radius 1 is 1.15 bits per heavy atom. The molecule has 0 fully saturated rings. The van der Waals surface area contributed by atoms with E-state index in [9.17, 15) is 37.4 Å². The summed E-state index contributed by atoms with van der Waals surface area (Å²) in [5, 5.41) is 29.7. The molecule has 1 aliphatic carbocycles. The molecule has 11 heteroatoms. The molecule has 0 radical (unpaired) electrons. The number of benzene rings is 2. The highest BCUT2D eigenvalue weighted by molar-refractivity contribution is 6.34. The molecular formula is C23H19ClF4N2O4. The van der Waals surface area contributed by atoms with Crippen LogP contribution in [-0.2, 0) is 11.0 Å². The number of anilines is 1. The lowest BCUT2D eigenvalue weighted by atomic mass is 9.77. The zero-order valence-electron chi connectivity index (χ0n) is 17.6. The van der Waals surface area contributed by atoms with Crippen molar-refractivity contribution in [1.82, 2.24) is 0 Å². The summed E-state index contributed by atoms with van der Waals surface area (Å²) < 4.78 is 55.0. The van der Waals surface area contributed by atoms with Crippen molar-refractivity contribution in [3.8, 4) is 0 Å². The molecule has 6 nitrogen and oxygen atoms in total. The quantitative estimate of drug-likeness (QED) is 0.337. The Hall–Kier alpha value is -3.24. The maximum absolute atomic E-state index is 14.8. The van der Waals surface area contributed by atoms with Gasteiger partial charge in [-0.15, -0.1) is 0 Å². The number of nitrogens with one attached hydrogen (secondary N) is 2. The van der Waals surface area contributed by atoms with Crippen molar-refractivity contribution >= 4 is 34.9 Å². The lowest BCUT2D eigenvalue weighted by Crippen LogP contribution is -2.37. The molecular weight excluding hydrogens is 480 g/mol. The Morgan fingerprint density at radius 2 is 1.79 bits per heavy atom. The summed E-state index contributed by atoms with van der Waals surface area (Å²) in [6.45, 7) is 1.56. The van der Waals surface area contributed by atoms with Crippen molar-refractivity contribution in [3.63, 3.8) is 0 Å². The van der Waals surface area contributed by atoms with Crippen LogP contribution in [0, 0.1) is 23.1 Å². The van der Waals surface area contributed by atoms with E-state index in [0.29, 0.717) is 6.07 Å². The van der Waals surface area contributed by atoms with Crippen molar-refractivity contribution in [2.45, 2.75) is 25.6 Å². The largest absolute Gasteiger partial charge is 0.481 e. The number of aliphatic hydroxyl groups excluding tert-OH is 1. The summed E-state index contributed by atoms with van der Waals surface area (Å²) in [6, 6.07) is 6.24. The predicted octanol–water partition coefficient (Wildman–Crippen LogP) is 5.15. The van der Waals surface area contributed by atoms with Gasteiger partial charge in [-0.2, -0.15) is 13.2 Å². The standard InChI is InChI=1S/C23H19ClF4N2O4/c1-10-8-11(9-16(31)17(10)22(33)34)20(29)19-14(25)6-3-7-15(19)30-21(32)18-12(23(26,27)28)4-2-5-13(18)24/h2-7,9-10,16-17,29,31H,8H2,1H3,(H,30,32)(H,33,34). The molecule has 0 saturated carbocycles. The van der Waals surface area contributed by atoms with E-state index in [0.717, 1.165) is 24.3 Å². The lowest BCUT2D eigenvalue weighted by Gasteiger charge is -2.30. The van der Waals surface area contributed by atoms with Crippen LogP contribution in [0.25, 0.3) is 0 Å². The van der Waals surface area contributed by atoms with Crippen molar-refractivity contribution in [1.29, 1.82) is 5.41 Å². The third-order valence-electron chi connectivity index (χ3n) is 5.56. The first-order valence-corrected chi connectivity index (χ1v) is 10.4. The molecule has 2 aromatic rings. The van der Waals surface area contributed by atoms with E-state index in [1.807, 2.05) is 0 Å². The van der Waals surface area contributed by atoms with Crippen LogP contribution in [0.5, 0.6) is 0 Å². The molecule has 34 heavy (non-hydrogen) atoms. The summed E-state index contributed by atoms with van der Waals surface area (Å²) in [5.41, 5.74) is -3.16. The maximum Gasteiger partial charge on any atom is 0.417 e. The number of amides is 1. The minimum absolute atomic E-state index is 0.0251. The molecule has 3 atom stereocenters. The number of hydrogen-bond donors (Lipinski definition) is 4. The van der Waals surface area contributed by atoms with Crippen LogP contribution in [0.15, 0.2) is 48.0 Å². The van der Waals surface area contributed by atoms with Gasteiger partial charge >= 0.3 is 12.1 Å². The van der Waals surface area contributed by atoms with Crippen LogP contribution in [0.2, 0.25) is 5.02 Å². The molecule has 2 aromatic carbocycles. The minimum Gasteiger partial charge on any atom is -0.481 e. The molecule has 3 rings (SSSR count). The number of aliphatic carboxylic acids is 1. The molecule has 180 valence electrons. The first kappa shape index (κ1) is 25.4. The van der Waals surface area contributed by atoms with Gasteiger partial charge in [-0.05, 0) is 48.3 Å². The van der Waals surface area contributed by atoms with Gasteiger partial charge in [-0.3, -0.25) is 15.0 Å². The van der Waals surface area contributed by atoms with Gasteiger partial charge in [-0.25, -0.2) is 4.39 Å². The number of carbonyl (C=O) groups excluding carboxylic acids is 1. The predicted molar refractivity (Wildman–Crippen MR) is 117 cm³/mol. The van der Waals surface area contributed by atoms with Crippen LogP contribution in [0.4, 0.5) is 23.2 Å². The molecule has 0 saturated heterocycles. The van der Waals surface area contributed by atoms with E-state index in [2.05, 4.69) is 5.32 Å². The average Bonchev–Trinajstić information content (AvgIpc) is 2.71. The van der Waals surface area contributed by atoms with Gasteiger partial charge in [-0.1, -0.05) is 30.7 Å². The van der Waals surface area contributed by atoms with Crippen LogP contribution in [0.3, 0.4) is 0 Å². The van der Waals surface area contributed by atoms with Gasteiger partial charge < -0.3 is 15.5 Å². The number of carboxylic acids is 1. The van der Waals surface area contributed by atoms with E-state index in [4.69, 9.17) is 17.0 Å². The molecule has 0 bridgehead atoms. The molecule has 0 aliphatic heterocycles. The third-order valence-corrected chi connectivity index (χ3v) is 5.87. The summed E-state index contributed by atoms with van der Waals surface area (Å²) >= 11 is 5.86. The number of hydrogen-bond acceptors (Lipinski definition) is 4. The second-order valence-corrected chi connectivity index (χ2v) is 8.29. The smallest absolute Gasteiger partial charge is 0.417 e. The van der Waals surface area contributed by atoms with Gasteiger partial charge in [0.1, 0.15) is 5.82 Å². The van der Waals surface area contributed by atoms with Crippen LogP contribution in [-0.4, -0.2) is 33.9 Å². The van der Waals surface area contributed by atoms with E-state index in [1.54, 1.807) is 6.92 Å². The number of halogens is 5. The molecule has 0 aromatic heterocycles. The van der Waals surface area contributed by atoms with Crippen molar-refractivity contribution in [2.24, 2.45) is 11.8 Å². The fourth-order valence-electron chi connectivity index (χ4n) is 3.98. The SMILES string of the molecule is CC1CC(C(=N)c2c(F)cccc2NC(=O)c2c(Cl)cccc2C(F)(F)F)=CC(O)C1C(=O)O. The first-order chi connectivity index (χ1) is 15.8. The maximum atomic E-state index is 14.8. The number of alkyl halides is 3. The second-order valence-electron chi connectivity index (χ2n) is 7.88. The zero-order valence-corrected chi connectivity index (χ0v) is 18.3. The topological polar surface area (TPSA) is 110 Å². The second kappa shape index (κ2) is 9.55. The Bertz CT molecular complexity index is 1200. The lowest BCUT2D eigenvalue weighted by molar-refractivity contribution is -0.147. The Balaban J connectivity index is 2.00. The van der Waals surface area contributed by atoms with Crippen molar-refractivity contribution in [2.75, 3.05) is 5.32 Å². The molecule has 0 heterocycles. The van der Waals surface area contributed by atoms with Crippen LogP contribution in [0.1, 0.15) is 34.8 Å². The van der Waals surface area contributed by atoms with E-state index < -0.39 is 69.2 Å². The number of carbonyl (C=O) groups is 2. The third kappa shape index (κ3) is 4.97. The van der Waals surface area contributed by atoms with Crippen molar-refractivity contribution in [3.05, 3.63) is 75.6 Å².